The van der Waals surface area contributed by atoms with Gasteiger partial charge in [0.25, 0.3) is 0 Å². The summed E-state index contributed by atoms with van der Waals surface area (Å²) in [6, 6.07) is 6.19. The Kier molecular flexibility index (Phi) is 6.00. The van der Waals surface area contributed by atoms with Crippen LogP contribution in [0.15, 0.2) is 29.4 Å². The quantitative estimate of drug-likeness (QED) is 0.460. The van der Waals surface area contributed by atoms with E-state index in [0.29, 0.717) is 6.61 Å². The average Bonchev–Trinajstić information content (AvgIpc) is 2.54. The molecule has 1 fully saturated rings. The monoisotopic (exact) mass is 308 g/mol. The number of nitrogens with two attached hydrogens (primary N) is 1. The molecule has 0 saturated carbocycles. The van der Waals surface area contributed by atoms with Gasteiger partial charge in [-0.05, 0) is 23.2 Å². The summed E-state index contributed by atoms with van der Waals surface area (Å²) in [6.45, 7) is 0.795. The number of aliphatic hydroxyl groups is 1. The summed E-state index contributed by atoms with van der Waals surface area (Å²) < 4.78 is 16.2. The molecule has 2 rings (SSSR count). The van der Waals surface area contributed by atoms with Crippen molar-refractivity contribution >= 4 is 0 Å². The fourth-order valence-corrected chi connectivity index (χ4v) is 2.27. The first-order valence-corrected chi connectivity index (χ1v) is 6.96. The lowest BCUT2D eigenvalue weighted by Crippen LogP contribution is -2.56. The van der Waals surface area contributed by atoms with Crippen LogP contribution in [0.25, 0.3) is 10.4 Å². The Labute approximate surface area is 128 Å². The van der Waals surface area contributed by atoms with Crippen LogP contribution in [0.4, 0.5) is 0 Å². The summed E-state index contributed by atoms with van der Waals surface area (Å²) in [5.41, 5.74) is 15.3. The molecule has 3 unspecified atom stereocenters. The van der Waals surface area contributed by atoms with Crippen molar-refractivity contribution in [3.05, 3.63) is 40.3 Å². The third-order valence-electron chi connectivity index (χ3n) is 3.57. The van der Waals surface area contributed by atoms with Gasteiger partial charge in [0.15, 0.2) is 0 Å². The largest absolute Gasteiger partial charge is 0.497 e. The molecule has 0 spiro atoms. The molecule has 0 bridgehead atoms. The minimum atomic E-state index is -0.931. The van der Waals surface area contributed by atoms with Crippen LogP contribution >= 0.6 is 0 Å². The number of azide groups is 1. The lowest BCUT2D eigenvalue weighted by Gasteiger charge is -2.36. The molecule has 1 aliphatic heterocycles. The second-order valence-electron chi connectivity index (χ2n) is 5.08. The van der Waals surface area contributed by atoms with Crippen LogP contribution < -0.4 is 10.5 Å². The Balaban J connectivity index is 1.87. The zero-order valence-corrected chi connectivity index (χ0v) is 12.3. The van der Waals surface area contributed by atoms with Crippen molar-refractivity contribution in [2.24, 2.45) is 10.8 Å². The standard InChI is InChI=1S/C14H20N4O4/c1-20-10-4-2-9(3-5-10)6-21-8-12-13(17-18-16)14(19)11(15)7-22-12/h2-5,11-14,19H,6-8,15H2,1H3/t11?,12?,13?,14-/m1/s1. The van der Waals surface area contributed by atoms with Gasteiger partial charge >= 0.3 is 0 Å². The van der Waals surface area contributed by atoms with Gasteiger partial charge < -0.3 is 25.1 Å². The van der Waals surface area contributed by atoms with Gasteiger partial charge in [-0.2, -0.15) is 0 Å². The van der Waals surface area contributed by atoms with Crippen LogP contribution in [-0.4, -0.2) is 49.7 Å². The smallest absolute Gasteiger partial charge is 0.118 e. The molecule has 1 saturated heterocycles. The summed E-state index contributed by atoms with van der Waals surface area (Å²) in [6.07, 6.45) is -1.44. The molecule has 1 heterocycles. The fourth-order valence-electron chi connectivity index (χ4n) is 2.27. The van der Waals surface area contributed by atoms with E-state index in [-0.39, 0.29) is 13.2 Å². The van der Waals surface area contributed by atoms with Crippen molar-refractivity contribution in [2.75, 3.05) is 20.3 Å². The van der Waals surface area contributed by atoms with Crippen molar-refractivity contribution in [1.82, 2.24) is 0 Å². The molecular formula is C14H20N4O4. The minimum absolute atomic E-state index is 0.204. The fraction of sp³-hybridized carbons (Fsp3) is 0.571. The highest BCUT2D eigenvalue weighted by atomic mass is 16.5. The summed E-state index contributed by atoms with van der Waals surface area (Å²) in [4.78, 5) is 2.74. The first-order chi connectivity index (χ1) is 10.7. The van der Waals surface area contributed by atoms with E-state index in [1.807, 2.05) is 24.3 Å². The van der Waals surface area contributed by atoms with Crippen molar-refractivity contribution < 1.29 is 19.3 Å². The number of methoxy groups -OCH3 is 1. The average molecular weight is 308 g/mol. The van der Waals surface area contributed by atoms with E-state index >= 15 is 0 Å². The van der Waals surface area contributed by atoms with Crippen molar-refractivity contribution in [2.45, 2.75) is 30.9 Å². The van der Waals surface area contributed by atoms with Crippen LogP contribution in [0.3, 0.4) is 0 Å². The first kappa shape index (κ1) is 16.5. The number of benzene rings is 1. The van der Waals surface area contributed by atoms with Crippen LogP contribution in [0.5, 0.6) is 5.75 Å². The van der Waals surface area contributed by atoms with Gasteiger partial charge in [0.2, 0.25) is 0 Å². The number of aliphatic hydroxyl groups excluding tert-OH is 1. The summed E-state index contributed by atoms with van der Waals surface area (Å²) in [7, 11) is 1.61. The van der Waals surface area contributed by atoms with Gasteiger partial charge in [-0.1, -0.05) is 17.2 Å². The molecule has 1 aromatic rings. The molecular weight excluding hydrogens is 288 g/mol. The highest BCUT2D eigenvalue weighted by Crippen LogP contribution is 2.19. The Bertz CT molecular complexity index is 518. The van der Waals surface area contributed by atoms with E-state index in [9.17, 15) is 5.11 Å². The van der Waals surface area contributed by atoms with E-state index in [2.05, 4.69) is 10.0 Å². The third kappa shape index (κ3) is 4.09. The maximum Gasteiger partial charge on any atom is 0.118 e. The molecule has 0 radical (unpaired) electrons. The molecule has 22 heavy (non-hydrogen) atoms. The van der Waals surface area contributed by atoms with Gasteiger partial charge in [0, 0.05) is 4.91 Å². The molecule has 0 aliphatic carbocycles. The minimum Gasteiger partial charge on any atom is -0.497 e. The van der Waals surface area contributed by atoms with Crippen LogP contribution in [-0.2, 0) is 16.1 Å². The molecule has 0 amide bonds. The predicted octanol–water partition coefficient (Wildman–Crippen LogP) is 0.978. The molecule has 8 nitrogen and oxygen atoms in total. The van der Waals surface area contributed by atoms with Crippen LogP contribution in [0, 0.1) is 0 Å². The summed E-state index contributed by atoms with van der Waals surface area (Å²) in [5.74, 6) is 0.778. The lowest BCUT2D eigenvalue weighted by molar-refractivity contribution is -0.103. The molecule has 3 N–H and O–H groups in total. The van der Waals surface area contributed by atoms with E-state index in [1.165, 1.54) is 0 Å². The number of hydrogen-bond donors (Lipinski definition) is 2. The molecule has 120 valence electrons. The van der Waals surface area contributed by atoms with Gasteiger partial charge in [0.05, 0.1) is 51.2 Å². The maximum absolute atomic E-state index is 9.97. The second kappa shape index (κ2) is 7.98. The van der Waals surface area contributed by atoms with Crippen molar-refractivity contribution in [3.8, 4) is 5.75 Å². The summed E-state index contributed by atoms with van der Waals surface area (Å²) in [5, 5.41) is 13.5. The SMILES string of the molecule is COc1ccc(COCC2OCC(N)[C@@H](O)C2N=[N+]=[N-])cc1. The Morgan fingerprint density at radius 2 is 2.18 bits per heavy atom. The van der Waals surface area contributed by atoms with E-state index in [1.54, 1.807) is 7.11 Å². The van der Waals surface area contributed by atoms with Gasteiger partial charge in [-0.3, -0.25) is 0 Å². The maximum atomic E-state index is 9.97. The first-order valence-electron chi connectivity index (χ1n) is 6.96. The Morgan fingerprint density at radius 1 is 1.45 bits per heavy atom. The van der Waals surface area contributed by atoms with Crippen LogP contribution in [0.2, 0.25) is 0 Å². The van der Waals surface area contributed by atoms with Crippen molar-refractivity contribution in [3.63, 3.8) is 0 Å². The Morgan fingerprint density at radius 3 is 2.82 bits per heavy atom. The topological polar surface area (TPSA) is 123 Å². The van der Waals surface area contributed by atoms with Gasteiger partial charge in [-0.15, -0.1) is 0 Å². The van der Waals surface area contributed by atoms with E-state index < -0.39 is 24.3 Å². The number of nitrogens with zero attached hydrogens (tertiary/aromatic N) is 3. The molecule has 0 aromatic heterocycles. The molecule has 8 heteroatoms. The molecule has 1 aliphatic rings. The number of rotatable bonds is 6. The van der Waals surface area contributed by atoms with E-state index in [0.717, 1.165) is 11.3 Å². The lowest BCUT2D eigenvalue weighted by atomic mass is 9.97. The number of ether oxygens (including phenoxy) is 3. The third-order valence-corrected chi connectivity index (χ3v) is 3.57. The van der Waals surface area contributed by atoms with Gasteiger partial charge in [-0.25, -0.2) is 0 Å². The molecule has 4 atom stereocenters. The zero-order chi connectivity index (χ0) is 15.9. The highest BCUT2D eigenvalue weighted by Gasteiger charge is 2.37. The summed E-state index contributed by atoms with van der Waals surface area (Å²) >= 11 is 0. The second-order valence-corrected chi connectivity index (χ2v) is 5.08. The normalized spacial score (nSPS) is 28.0. The number of hydrogen-bond acceptors (Lipinski definition) is 6. The van der Waals surface area contributed by atoms with E-state index in [4.69, 9.17) is 25.5 Å². The van der Waals surface area contributed by atoms with Crippen LogP contribution in [0.1, 0.15) is 5.56 Å². The Hall–Kier alpha value is -1.83. The van der Waals surface area contributed by atoms with Crippen molar-refractivity contribution in [1.29, 1.82) is 0 Å². The van der Waals surface area contributed by atoms with Gasteiger partial charge in [0.1, 0.15) is 5.75 Å². The zero-order valence-electron chi connectivity index (χ0n) is 12.3. The predicted molar refractivity (Wildman–Crippen MR) is 79.3 cm³/mol. The highest BCUT2D eigenvalue weighted by molar-refractivity contribution is 5.26. The molecule has 1 aromatic carbocycles.